The van der Waals surface area contributed by atoms with Gasteiger partial charge in [0, 0.05) is 50.1 Å². The van der Waals surface area contributed by atoms with Crippen LogP contribution in [0.5, 0.6) is 11.5 Å². The largest absolute Gasteiger partial charge is 0.497 e. The first kappa shape index (κ1) is 26.8. The third-order valence-electron chi connectivity index (χ3n) is 5.74. The van der Waals surface area contributed by atoms with E-state index in [9.17, 15) is 4.79 Å². The summed E-state index contributed by atoms with van der Waals surface area (Å²) in [6.45, 7) is 11.5. The number of methoxy groups -OCH3 is 2. The number of nitrogens with zero attached hydrogens (tertiary/aromatic N) is 3. The molecular weight excluding hydrogens is 390 g/mol. The maximum atomic E-state index is 9.82. The standard InChI is InChI=1S/C14H22N2O2.C7H14.C4H5NO/c1-4-15-5-7-16(8-6-15)12-9-13(17-2)11-14(10-12)18-3;1-7-5-3-2-4-6-7;1-4(6)2-3-5/h9-11H,4-8H2,1-3H3;7H,2-6H2,1H3;2H2,1H3. The van der Waals surface area contributed by atoms with Crippen LogP contribution in [0.2, 0.25) is 0 Å². The second-order valence-corrected chi connectivity index (χ2v) is 8.27. The quantitative estimate of drug-likeness (QED) is 0.659. The summed E-state index contributed by atoms with van der Waals surface area (Å²) in [6.07, 6.45) is 7.48. The Hall–Kier alpha value is -2.26. The molecule has 31 heavy (non-hydrogen) atoms. The van der Waals surface area contributed by atoms with E-state index in [1.54, 1.807) is 20.3 Å². The Bertz CT molecular complexity index is 651. The number of likely N-dealkylation sites (N-methyl/N-ethyl adjacent to an activating group) is 1. The van der Waals surface area contributed by atoms with E-state index < -0.39 is 0 Å². The van der Waals surface area contributed by atoms with Gasteiger partial charge in [-0.25, -0.2) is 0 Å². The molecule has 174 valence electrons. The molecule has 6 nitrogen and oxygen atoms in total. The summed E-state index contributed by atoms with van der Waals surface area (Å²) in [4.78, 5) is 14.7. The minimum absolute atomic E-state index is 0.0417. The van der Waals surface area contributed by atoms with Crippen molar-refractivity contribution in [3.63, 3.8) is 0 Å². The first-order valence-electron chi connectivity index (χ1n) is 11.5. The Labute approximate surface area is 189 Å². The van der Waals surface area contributed by atoms with Crippen LogP contribution < -0.4 is 14.4 Å². The molecule has 0 aromatic heterocycles. The molecule has 1 saturated carbocycles. The first-order valence-corrected chi connectivity index (χ1v) is 11.5. The molecule has 0 unspecified atom stereocenters. The summed E-state index contributed by atoms with van der Waals surface area (Å²) in [5, 5.41) is 7.77. The molecule has 3 rings (SSSR count). The lowest BCUT2D eigenvalue weighted by Crippen LogP contribution is -2.46. The van der Waals surface area contributed by atoms with Crippen molar-refractivity contribution in [1.29, 1.82) is 5.26 Å². The second kappa shape index (κ2) is 15.5. The lowest BCUT2D eigenvalue weighted by atomic mass is 9.91. The lowest BCUT2D eigenvalue weighted by Gasteiger charge is -2.35. The molecule has 0 atom stereocenters. The molecule has 0 N–H and O–H groups in total. The molecular formula is C25H41N3O3. The Morgan fingerprint density at radius 3 is 1.90 bits per heavy atom. The fourth-order valence-electron chi connectivity index (χ4n) is 3.72. The van der Waals surface area contributed by atoms with Crippen LogP contribution in [0.25, 0.3) is 0 Å². The van der Waals surface area contributed by atoms with Crippen molar-refractivity contribution in [2.75, 3.05) is 51.8 Å². The van der Waals surface area contributed by atoms with Gasteiger partial charge >= 0.3 is 0 Å². The summed E-state index contributed by atoms with van der Waals surface area (Å²) < 4.78 is 10.6. The molecule has 1 aromatic rings. The van der Waals surface area contributed by atoms with Crippen molar-refractivity contribution >= 4 is 11.5 Å². The maximum absolute atomic E-state index is 9.82. The van der Waals surface area contributed by atoms with Crippen LogP contribution in [0.15, 0.2) is 18.2 Å². The number of rotatable bonds is 5. The number of hydrogen-bond donors (Lipinski definition) is 0. The van der Waals surface area contributed by atoms with Gasteiger partial charge in [0.15, 0.2) is 0 Å². The number of nitriles is 1. The van der Waals surface area contributed by atoms with Crippen molar-refractivity contribution in [3.05, 3.63) is 18.2 Å². The Balaban J connectivity index is 0.000000303. The molecule has 1 aromatic carbocycles. The molecule has 2 fully saturated rings. The summed E-state index contributed by atoms with van der Waals surface area (Å²) in [5.41, 5.74) is 1.18. The van der Waals surface area contributed by atoms with Gasteiger partial charge in [0.1, 0.15) is 17.3 Å². The van der Waals surface area contributed by atoms with Gasteiger partial charge in [-0.05, 0) is 19.4 Å². The van der Waals surface area contributed by atoms with Gasteiger partial charge in [-0.1, -0.05) is 46.0 Å². The number of anilines is 1. The number of piperazine rings is 1. The van der Waals surface area contributed by atoms with Crippen molar-refractivity contribution in [2.24, 2.45) is 5.92 Å². The van der Waals surface area contributed by atoms with Gasteiger partial charge in [0.2, 0.25) is 0 Å². The van der Waals surface area contributed by atoms with E-state index in [4.69, 9.17) is 14.7 Å². The van der Waals surface area contributed by atoms with Crippen molar-refractivity contribution in [2.45, 2.75) is 59.3 Å². The van der Waals surface area contributed by atoms with E-state index in [0.717, 1.165) is 50.1 Å². The molecule has 0 bridgehead atoms. The maximum Gasteiger partial charge on any atom is 0.143 e. The van der Waals surface area contributed by atoms with Crippen LogP contribution in [0.1, 0.15) is 59.3 Å². The van der Waals surface area contributed by atoms with Gasteiger partial charge in [-0.2, -0.15) is 5.26 Å². The minimum atomic E-state index is -0.0718. The highest BCUT2D eigenvalue weighted by Crippen LogP contribution is 2.29. The Morgan fingerprint density at radius 1 is 1.03 bits per heavy atom. The van der Waals surface area contributed by atoms with Crippen LogP contribution >= 0.6 is 0 Å². The smallest absolute Gasteiger partial charge is 0.143 e. The van der Waals surface area contributed by atoms with Gasteiger partial charge in [-0.15, -0.1) is 0 Å². The molecule has 0 spiro atoms. The molecule has 6 heteroatoms. The molecule has 2 aliphatic rings. The number of carbonyl (C=O) groups excluding carboxylic acids is 1. The normalized spacial score (nSPS) is 16.7. The number of ketones is 1. The van der Waals surface area contributed by atoms with Crippen molar-refractivity contribution in [3.8, 4) is 17.6 Å². The minimum Gasteiger partial charge on any atom is -0.497 e. The van der Waals surface area contributed by atoms with Crippen LogP contribution in [0.4, 0.5) is 5.69 Å². The van der Waals surface area contributed by atoms with E-state index in [-0.39, 0.29) is 12.2 Å². The summed E-state index contributed by atoms with van der Waals surface area (Å²) in [7, 11) is 3.38. The summed E-state index contributed by atoms with van der Waals surface area (Å²) in [6, 6.07) is 7.77. The van der Waals surface area contributed by atoms with Gasteiger partial charge in [0.05, 0.1) is 26.7 Å². The monoisotopic (exact) mass is 431 g/mol. The van der Waals surface area contributed by atoms with Gasteiger partial charge < -0.3 is 19.3 Å². The third-order valence-corrected chi connectivity index (χ3v) is 5.74. The summed E-state index contributed by atoms with van der Waals surface area (Å²) >= 11 is 0. The highest BCUT2D eigenvalue weighted by atomic mass is 16.5. The molecule has 1 aliphatic heterocycles. The van der Waals surface area contributed by atoms with Gasteiger partial charge in [-0.3, -0.25) is 4.79 Å². The topological polar surface area (TPSA) is 65.8 Å². The fourth-order valence-corrected chi connectivity index (χ4v) is 3.72. The van der Waals surface area contributed by atoms with E-state index in [2.05, 4.69) is 35.8 Å². The third kappa shape index (κ3) is 11.1. The second-order valence-electron chi connectivity index (χ2n) is 8.27. The van der Waals surface area contributed by atoms with Crippen molar-refractivity contribution in [1.82, 2.24) is 4.90 Å². The molecule has 1 heterocycles. The SMILES string of the molecule is CC(=O)CC#N.CC1CCCCC1.CCN1CCN(c2cc(OC)cc(OC)c2)CC1. The Kier molecular flexibility index (Phi) is 13.4. The zero-order chi connectivity index (χ0) is 23.1. The average Bonchev–Trinajstić information content (AvgIpc) is 2.80. The number of carbonyl (C=O) groups is 1. The zero-order valence-electron chi connectivity index (χ0n) is 20.2. The van der Waals surface area contributed by atoms with Crippen LogP contribution in [0.3, 0.4) is 0 Å². The lowest BCUT2D eigenvalue weighted by molar-refractivity contribution is -0.116. The fraction of sp³-hybridized carbons (Fsp3) is 0.680. The predicted octanol–water partition coefficient (Wildman–Crippen LogP) is 4.92. The van der Waals surface area contributed by atoms with E-state index >= 15 is 0 Å². The highest BCUT2D eigenvalue weighted by Gasteiger charge is 2.17. The molecule has 1 aliphatic carbocycles. The van der Waals surface area contributed by atoms with E-state index in [1.165, 1.54) is 44.7 Å². The number of Topliss-reactive ketones (excluding diaryl/α,β-unsaturated/α-hetero) is 1. The van der Waals surface area contributed by atoms with Crippen LogP contribution in [0, 0.1) is 17.2 Å². The van der Waals surface area contributed by atoms with E-state index in [1.807, 2.05) is 6.07 Å². The van der Waals surface area contributed by atoms with Gasteiger partial charge in [0.25, 0.3) is 0 Å². The van der Waals surface area contributed by atoms with E-state index in [0.29, 0.717) is 0 Å². The molecule has 1 saturated heterocycles. The average molecular weight is 432 g/mol. The Morgan fingerprint density at radius 2 is 1.58 bits per heavy atom. The van der Waals surface area contributed by atoms with Crippen LogP contribution in [-0.4, -0.2) is 57.6 Å². The van der Waals surface area contributed by atoms with Crippen molar-refractivity contribution < 1.29 is 14.3 Å². The first-order chi connectivity index (χ1) is 14.9. The number of benzene rings is 1. The zero-order valence-corrected chi connectivity index (χ0v) is 20.2. The van der Waals surface area contributed by atoms with Crippen LogP contribution in [-0.2, 0) is 4.79 Å². The number of ether oxygens (including phenoxy) is 2. The predicted molar refractivity (Wildman–Crippen MR) is 127 cm³/mol. The summed E-state index contributed by atoms with van der Waals surface area (Å²) in [5.74, 6) is 2.66. The molecule has 0 radical (unpaired) electrons. The number of hydrogen-bond acceptors (Lipinski definition) is 6. The molecule has 0 amide bonds. The highest BCUT2D eigenvalue weighted by molar-refractivity contribution is 5.77.